The lowest BCUT2D eigenvalue weighted by Gasteiger charge is -2.36. The van der Waals surface area contributed by atoms with E-state index in [4.69, 9.17) is 9.88 Å². The largest absolute Gasteiger partial charge is 0.493 e. The average molecular weight is 493 g/mol. The highest BCUT2D eigenvalue weighted by Gasteiger charge is 2.47. The first kappa shape index (κ1) is 24.8. The third kappa shape index (κ3) is 5.41. The monoisotopic (exact) mass is 493 g/mol. The normalized spacial score (nSPS) is 21.5. The molecule has 0 bridgehead atoms. The molecule has 2 aromatic rings. The first-order valence-electron chi connectivity index (χ1n) is 9.71. The number of amides is 1. The number of primary sulfonamides is 1. The molecule has 1 aliphatic rings. The van der Waals surface area contributed by atoms with Crippen LogP contribution in [0.1, 0.15) is 30.7 Å². The second kappa shape index (κ2) is 9.21. The number of sulfonamides is 1. The number of hydrogen-bond acceptors (Lipinski definition) is 5. The summed E-state index contributed by atoms with van der Waals surface area (Å²) in [4.78, 5) is 16.6. The van der Waals surface area contributed by atoms with Gasteiger partial charge in [0.2, 0.25) is 11.7 Å². The minimum absolute atomic E-state index is 0.0517. The van der Waals surface area contributed by atoms with Crippen LogP contribution < -0.4 is 15.2 Å². The summed E-state index contributed by atoms with van der Waals surface area (Å²) in [5.41, 5.74) is 0.0151. The molecule has 1 aromatic carbocycles. The summed E-state index contributed by atoms with van der Waals surface area (Å²) in [5, 5.41) is 6.85. The molecule has 0 aliphatic heterocycles. The number of ether oxygens (including phenoxy) is 1. The van der Waals surface area contributed by atoms with Gasteiger partial charge in [0.15, 0.2) is 16.6 Å². The van der Waals surface area contributed by atoms with Crippen molar-refractivity contribution in [3.63, 3.8) is 0 Å². The van der Waals surface area contributed by atoms with Crippen molar-refractivity contribution in [2.45, 2.75) is 36.4 Å². The number of nitrogens with two attached hydrogens (primary N) is 1. The zero-order valence-electron chi connectivity index (χ0n) is 17.2. The molecule has 1 saturated carbocycles. The van der Waals surface area contributed by atoms with Gasteiger partial charge in [0.1, 0.15) is 0 Å². The van der Waals surface area contributed by atoms with E-state index in [1.165, 1.54) is 12.1 Å². The summed E-state index contributed by atoms with van der Waals surface area (Å²) in [7, 11) is -3.10. The van der Waals surface area contributed by atoms with Gasteiger partial charge >= 0.3 is 6.18 Å². The predicted octanol–water partition coefficient (Wildman–Crippen LogP) is 3.72. The number of rotatable bonds is 5. The smallest absolute Gasteiger partial charge is 0.391 e. The van der Waals surface area contributed by atoms with E-state index in [0.717, 1.165) is 25.4 Å². The predicted molar refractivity (Wildman–Crippen MR) is 107 cm³/mol. The van der Waals surface area contributed by atoms with E-state index in [9.17, 15) is 35.2 Å². The van der Waals surface area contributed by atoms with Gasteiger partial charge in [-0.3, -0.25) is 4.79 Å². The molecule has 1 aliphatic carbocycles. The van der Waals surface area contributed by atoms with Crippen molar-refractivity contribution >= 4 is 21.6 Å². The average Bonchev–Trinajstić information content (AvgIpc) is 2.74. The molecule has 33 heavy (non-hydrogen) atoms. The van der Waals surface area contributed by atoms with E-state index in [-0.39, 0.29) is 24.1 Å². The molecule has 1 fully saturated rings. The molecule has 7 nitrogen and oxygen atoms in total. The van der Waals surface area contributed by atoms with Crippen LogP contribution in [-0.4, -0.2) is 32.6 Å². The summed E-state index contributed by atoms with van der Waals surface area (Å²) in [6, 6.07) is 4.20. The van der Waals surface area contributed by atoms with E-state index in [0.29, 0.717) is 0 Å². The van der Waals surface area contributed by atoms with Crippen molar-refractivity contribution in [2.75, 3.05) is 12.4 Å². The number of carbonyl (C=O) groups excluding carboxylic acids is 1. The number of halogens is 5. The number of pyridine rings is 1. The Morgan fingerprint density at radius 3 is 2.52 bits per heavy atom. The van der Waals surface area contributed by atoms with Crippen LogP contribution in [0.4, 0.5) is 27.6 Å². The molecule has 3 rings (SSSR count). The Morgan fingerprint density at radius 1 is 1.21 bits per heavy atom. The van der Waals surface area contributed by atoms with Crippen LogP contribution in [0.25, 0.3) is 0 Å². The SMILES string of the molecule is COc1c([C@@H]2CC[C@H](C(F)(F)F)CC2C(=O)Nc2ccnc(S(N)(=O)=O)c2)ccc(F)c1F. The summed E-state index contributed by atoms with van der Waals surface area (Å²) in [6.45, 7) is 0. The topological polar surface area (TPSA) is 111 Å². The molecule has 1 unspecified atom stereocenters. The van der Waals surface area contributed by atoms with Crippen molar-refractivity contribution in [1.29, 1.82) is 0 Å². The Hall–Kier alpha value is -2.80. The van der Waals surface area contributed by atoms with Crippen LogP contribution in [-0.2, 0) is 14.8 Å². The number of aromatic nitrogens is 1. The van der Waals surface area contributed by atoms with Crippen LogP contribution in [0.15, 0.2) is 35.5 Å². The number of anilines is 1. The van der Waals surface area contributed by atoms with Crippen LogP contribution in [0.5, 0.6) is 5.75 Å². The fourth-order valence-corrected chi connectivity index (χ4v) is 4.55. The molecule has 3 atom stereocenters. The van der Waals surface area contributed by atoms with E-state index in [1.807, 2.05) is 0 Å². The second-order valence-corrected chi connectivity index (χ2v) is 9.17. The van der Waals surface area contributed by atoms with Crippen molar-refractivity contribution in [2.24, 2.45) is 17.0 Å². The number of methoxy groups -OCH3 is 1. The lowest BCUT2D eigenvalue weighted by Crippen LogP contribution is -2.38. The Bertz CT molecular complexity index is 1160. The minimum Gasteiger partial charge on any atom is -0.493 e. The van der Waals surface area contributed by atoms with Gasteiger partial charge in [-0.25, -0.2) is 22.9 Å². The van der Waals surface area contributed by atoms with E-state index in [2.05, 4.69) is 10.3 Å². The van der Waals surface area contributed by atoms with E-state index < -0.39 is 68.7 Å². The van der Waals surface area contributed by atoms with E-state index in [1.54, 1.807) is 0 Å². The molecule has 13 heteroatoms. The van der Waals surface area contributed by atoms with Crippen molar-refractivity contribution in [3.8, 4) is 5.75 Å². The molecule has 1 heterocycles. The summed E-state index contributed by atoms with van der Waals surface area (Å²) >= 11 is 0. The van der Waals surface area contributed by atoms with Gasteiger partial charge in [-0.1, -0.05) is 6.07 Å². The summed E-state index contributed by atoms with van der Waals surface area (Å²) < 4.78 is 96.1. The zero-order chi connectivity index (χ0) is 24.6. The van der Waals surface area contributed by atoms with E-state index >= 15 is 0 Å². The van der Waals surface area contributed by atoms with Crippen LogP contribution >= 0.6 is 0 Å². The summed E-state index contributed by atoms with van der Waals surface area (Å²) in [5.74, 6) is -7.83. The van der Waals surface area contributed by atoms with Gasteiger partial charge < -0.3 is 10.1 Å². The molecule has 0 radical (unpaired) electrons. The second-order valence-electron chi connectivity index (χ2n) is 7.67. The number of alkyl halides is 3. The number of benzene rings is 1. The molecule has 1 aromatic heterocycles. The van der Waals surface area contributed by atoms with Crippen molar-refractivity contribution in [1.82, 2.24) is 4.98 Å². The van der Waals surface area contributed by atoms with Gasteiger partial charge in [0, 0.05) is 29.4 Å². The maximum absolute atomic E-state index is 14.3. The first-order chi connectivity index (χ1) is 15.3. The van der Waals surface area contributed by atoms with Crippen molar-refractivity contribution < 1.29 is 39.9 Å². The molecule has 1 amide bonds. The third-order valence-corrected chi connectivity index (χ3v) is 6.43. The minimum atomic E-state index is -4.56. The van der Waals surface area contributed by atoms with Gasteiger partial charge in [-0.15, -0.1) is 0 Å². The van der Waals surface area contributed by atoms with Crippen LogP contribution in [0, 0.1) is 23.5 Å². The maximum Gasteiger partial charge on any atom is 0.391 e. The highest BCUT2D eigenvalue weighted by Crippen LogP contribution is 2.48. The fourth-order valence-electron chi connectivity index (χ4n) is 4.05. The standard InChI is InChI=1S/C20H20F5N3O4S/c1-32-18-13(4-5-15(21)17(18)22)12-3-2-10(20(23,24)25)8-14(12)19(29)28-11-6-7-27-16(9-11)33(26,30)31/h4-7,9-10,12,14H,2-3,8H2,1H3,(H2,26,30,31)(H,27,28,29)/t10-,12-,14?/m0/s1. The highest BCUT2D eigenvalue weighted by atomic mass is 32.2. The van der Waals surface area contributed by atoms with Gasteiger partial charge in [0.05, 0.1) is 13.0 Å². The number of nitrogens with one attached hydrogen (secondary N) is 1. The van der Waals surface area contributed by atoms with Gasteiger partial charge in [0.25, 0.3) is 10.0 Å². The Labute approximate surface area is 186 Å². The molecule has 0 spiro atoms. The molecule has 0 saturated heterocycles. The fraction of sp³-hybridized carbons (Fsp3) is 0.400. The van der Waals surface area contributed by atoms with Gasteiger partial charge in [-0.05, 0) is 37.3 Å². The third-order valence-electron chi connectivity index (χ3n) is 5.63. The Balaban J connectivity index is 1.98. The zero-order valence-corrected chi connectivity index (χ0v) is 18.0. The number of nitrogens with zero attached hydrogens (tertiary/aromatic N) is 1. The van der Waals surface area contributed by atoms with Gasteiger partial charge in [-0.2, -0.15) is 17.6 Å². The quantitative estimate of drug-likeness (QED) is 0.617. The Morgan fingerprint density at radius 2 is 1.91 bits per heavy atom. The number of hydrogen-bond donors (Lipinski definition) is 2. The number of carbonyl (C=O) groups is 1. The lowest BCUT2D eigenvalue weighted by atomic mass is 9.70. The molecular formula is C20H20F5N3O4S. The lowest BCUT2D eigenvalue weighted by molar-refractivity contribution is -0.187. The Kier molecular flexibility index (Phi) is 6.93. The first-order valence-corrected chi connectivity index (χ1v) is 11.3. The molecular weight excluding hydrogens is 473 g/mol. The summed E-state index contributed by atoms with van der Waals surface area (Å²) in [6.07, 6.45) is -4.55. The maximum atomic E-state index is 14.3. The van der Waals surface area contributed by atoms with Crippen molar-refractivity contribution in [3.05, 3.63) is 47.7 Å². The highest BCUT2D eigenvalue weighted by molar-refractivity contribution is 7.89. The molecule has 180 valence electrons. The van der Waals surface area contributed by atoms with Crippen LogP contribution in [0.2, 0.25) is 0 Å². The molecule has 3 N–H and O–H groups in total. The van der Waals surface area contributed by atoms with Crippen LogP contribution in [0.3, 0.4) is 0 Å².